The normalized spacial score (nSPS) is 12.1. The third-order valence-corrected chi connectivity index (χ3v) is 3.06. The first-order valence-electron chi connectivity index (χ1n) is 6.63. The van der Waals surface area contributed by atoms with Gasteiger partial charge >= 0.3 is 0 Å². The van der Waals surface area contributed by atoms with E-state index in [1.54, 1.807) is 12.1 Å². The van der Waals surface area contributed by atoms with E-state index in [1.807, 2.05) is 37.3 Å². The average Bonchev–Trinajstić information content (AvgIpc) is 3.00. The number of halogens is 1. The third kappa shape index (κ3) is 3.08. The fourth-order valence-electron chi connectivity index (χ4n) is 1.96. The maximum Gasteiger partial charge on any atom is 0.247 e. The van der Waals surface area contributed by atoms with Gasteiger partial charge in [-0.25, -0.2) is 4.39 Å². The summed E-state index contributed by atoms with van der Waals surface area (Å²) in [6.45, 7) is 1.91. The monoisotopic (exact) mass is 283 g/mol. The van der Waals surface area contributed by atoms with Gasteiger partial charge in [0.2, 0.25) is 11.8 Å². The fraction of sp³-hybridized carbons (Fsp3) is 0.125. The van der Waals surface area contributed by atoms with Crippen molar-refractivity contribution < 1.29 is 8.81 Å². The van der Waals surface area contributed by atoms with Crippen molar-refractivity contribution in [3.8, 4) is 11.5 Å². The van der Waals surface area contributed by atoms with Gasteiger partial charge in [-0.3, -0.25) is 0 Å². The topological polar surface area (TPSA) is 51.0 Å². The standard InChI is InChI=1S/C16H14FN3O/c1-11(18-14-9-7-13(17)8-10-14)15-19-20-16(21-15)12-5-3-2-4-6-12/h2-11,18H,1H3/t11-/m1/s1. The molecule has 5 heteroatoms. The molecule has 4 nitrogen and oxygen atoms in total. The van der Waals surface area contributed by atoms with Crippen molar-refractivity contribution in [2.45, 2.75) is 13.0 Å². The minimum Gasteiger partial charge on any atom is -0.418 e. The van der Waals surface area contributed by atoms with E-state index in [1.165, 1.54) is 12.1 Å². The van der Waals surface area contributed by atoms with Gasteiger partial charge in [0, 0.05) is 11.3 Å². The smallest absolute Gasteiger partial charge is 0.247 e. The summed E-state index contributed by atoms with van der Waals surface area (Å²) in [5.74, 6) is 0.703. The number of anilines is 1. The highest BCUT2D eigenvalue weighted by Gasteiger charge is 2.14. The summed E-state index contributed by atoms with van der Waals surface area (Å²) in [5.41, 5.74) is 1.67. The van der Waals surface area contributed by atoms with Crippen LogP contribution in [0.25, 0.3) is 11.5 Å². The molecule has 0 saturated heterocycles. The van der Waals surface area contributed by atoms with Crippen LogP contribution in [0.1, 0.15) is 18.9 Å². The van der Waals surface area contributed by atoms with E-state index in [2.05, 4.69) is 15.5 Å². The third-order valence-electron chi connectivity index (χ3n) is 3.06. The van der Waals surface area contributed by atoms with Crippen molar-refractivity contribution in [1.29, 1.82) is 0 Å². The number of hydrogen-bond donors (Lipinski definition) is 1. The summed E-state index contributed by atoms with van der Waals surface area (Å²) in [6, 6.07) is 15.6. The zero-order valence-electron chi connectivity index (χ0n) is 11.5. The van der Waals surface area contributed by atoms with Gasteiger partial charge in [-0.2, -0.15) is 0 Å². The van der Waals surface area contributed by atoms with Gasteiger partial charge in [-0.05, 0) is 43.3 Å². The Morgan fingerprint density at radius 1 is 1.00 bits per heavy atom. The largest absolute Gasteiger partial charge is 0.418 e. The maximum atomic E-state index is 12.9. The number of nitrogens with zero attached hydrogens (tertiary/aromatic N) is 2. The fourth-order valence-corrected chi connectivity index (χ4v) is 1.96. The molecule has 0 unspecified atom stereocenters. The van der Waals surface area contributed by atoms with E-state index in [-0.39, 0.29) is 11.9 Å². The molecule has 1 atom stereocenters. The van der Waals surface area contributed by atoms with Gasteiger partial charge in [-0.15, -0.1) is 10.2 Å². The van der Waals surface area contributed by atoms with Gasteiger partial charge in [0.1, 0.15) is 11.9 Å². The first-order valence-corrected chi connectivity index (χ1v) is 6.63. The van der Waals surface area contributed by atoms with Crippen molar-refractivity contribution in [1.82, 2.24) is 10.2 Å². The Hall–Kier alpha value is -2.69. The van der Waals surface area contributed by atoms with Gasteiger partial charge in [0.05, 0.1) is 0 Å². The van der Waals surface area contributed by atoms with Gasteiger partial charge in [0.15, 0.2) is 0 Å². The summed E-state index contributed by atoms with van der Waals surface area (Å²) >= 11 is 0. The van der Waals surface area contributed by atoms with Crippen LogP contribution in [0.5, 0.6) is 0 Å². The summed E-state index contributed by atoms with van der Waals surface area (Å²) in [7, 11) is 0. The predicted octanol–water partition coefficient (Wildman–Crippen LogP) is 4.05. The Kier molecular flexibility index (Phi) is 3.64. The molecule has 0 fully saturated rings. The molecule has 2 aromatic carbocycles. The Morgan fingerprint density at radius 3 is 2.43 bits per heavy atom. The van der Waals surface area contributed by atoms with E-state index in [4.69, 9.17) is 4.42 Å². The van der Waals surface area contributed by atoms with E-state index < -0.39 is 0 Å². The van der Waals surface area contributed by atoms with Crippen LogP contribution in [-0.4, -0.2) is 10.2 Å². The van der Waals surface area contributed by atoms with Gasteiger partial charge in [0.25, 0.3) is 0 Å². The molecule has 0 spiro atoms. The highest BCUT2D eigenvalue weighted by Crippen LogP contribution is 2.22. The van der Waals surface area contributed by atoms with E-state index in [0.29, 0.717) is 11.8 Å². The molecule has 3 rings (SSSR count). The number of hydrogen-bond acceptors (Lipinski definition) is 4. The number of benzene rings is 2. The number of aromatic nitrogens is 2. The molecular weight excluding hydrogens is 269 g/mol. The van der Waals surface area contributed by atoms with Crippen LogP contribution in [0, 0.1) is 5.82 Å². The first kappa shape index (κ1) is 13.3. The summed E-state index contributed by atoms with van der Waals surface area (Å²) in [6.07, 6.45) is 0. The van der Waals surface area contributed by atoms with Crippen molar-refractivity contribution in [3.05, 3.63) is 66.3 Å². The molecule has 3 aromatic rings. The van der Waals surface area contributed by atoms with Crippen molar-refractivity contribution in [3.63, 3.8) is 0 Å². The molecule has 21 heavy (non-hydrogen) atoms. The molecule has 1 N–H and O–H groups in total. The number of rotatable bonds is 4. The SMILES string of the molecule is C[C@@H](Nc1ccc(F)cc1)c1nnc(-c2ccccc2)o1. The van der Waals surface area contributed by atoms with Gasteiger partial charge in [-0.1, -0.05) is 18.2 Å². The molecule has 0 saturated carbocycles. The Labute approximate surface area is 121 Å². The van der Waals surface area contributed by atoms with Crippen LogP contribution < -0.4 is 5.32 Å². The van der Waals surface area contributed by atoms with Crippen LogP contribution in [0.3, 0.4) is 0 Å². The predicted molar refractivity (Wildman–Crippen MR) is 78.2 cm³/mol. The van der Waals surface area contributed by atoms with Crippen molar-refractivity contribution >= 4 is 5.69 Å². The Bertz CT molecular complexity index is 710. The van der Waals surface area contributed by atoms with Crippen LogP contribution in [0.4, 0.5) is 10.1 Å². The zero-order valence-corrected chi connectivity index (χ0v) is 11.5. The Balaban J connectivity index is 1.75. The molecule has 106 valence electrons. The van der Waals surface area contributed by atoms with E-state index in [9.17, 15) is 4.39 Å². The van der Waals surface area contributed by atoms with E-state index >= 15 is 0 Å². The quantitative estimate of drug-likeness (QED) is 0.784. The zero-order chi connectivity index (χ0) is 14.7. The van der Waals surface area contributed by atoms with Crippen molar-refractivity contribution in [2.24, 2.45) is 0 Å². The van der Waals surface area contributed by atoms with Crippen LogP contribution in [0.2, 0.25) is 0 Å². The molecule has 0 radical (unpaired) electrons. The molecule has 0 bridgehead atoms. The highest BCUT2D eigenvalue weighted by molar-refractivity contribution is 5.52. The number of nitrogens with one attached hydrogen (secondary N) is 1. The lowest BCUT2D eigenvalue weighted by molar-refractivity contribution is 0.485. The second-order valence-electron chi connectivity index (χ2n) is 4.68. The molecule has 1 aromatic heterocycles. The second kappa shape index (κ2) is 5.75. The van der Waals surface area contributed by atoms with Gasteiger partial charge < -0.3 is 9.73 Å². The van der Waals surface area contributed by atoms with Crippen LogP contribution in [-0.2, 0) is 0 Å². The second-order valence-corrected chi connectivity index (χ2v) is 4.68. The van der Waals surface area contributed by atoms with Crippen LogP contribution in [0.15, 0.2) is 59.0 Å². The van der Waals surface area contributed by atoms with Crippen molar-refractivity contribution in [2.75, 3.05) is 5.32 Å². The van der Waals surface area contributed by atoms with Crippen LogP contribution >= 0.6 is 0 Å². The minimum atomic E-state index is -0.266. The minimum absolute atomic E-state index is 0.166. The molecule has 1 heterocycles. The Morgan fingerprint density at radius 2 is 1.71 bits per heavy atom. The molecule has 0 aliphatic rings. The van der Waals surface area contributed by atoms with E-state index in [0.717, 1.165) is 11.3 Å². The summed E-state index contributed by atoms with van der Waals surface area (Å²) < 4.78 is 18.5. The molecular formula is C16H14FN3O. The maximum absolute atomic E-state index is 12.9. The lowest BCUT2D eigenvalue weighted by atomic mass is 10.2. The summed E-state index contributed by atoms with van der Waals surface area (Å²) in [4.78, 5) is 0. The molecule has 0 aliphatic heterocycles. The average molecular weight is 283 g/mol. The lowest BCUT2D eigenvalue weighted by Crippen LogP contribution is -2.06. The first-order chi connectivity index (χ1) is 10.2. The summed E-state index contributed by atoms with van der Waals surface area (Å²) in [5, 5.41) is 11.3. The highest BCUT2D eigenvalue weighted by atomic mass is 19.1. The molecule has 0 amide bonds. The lowest BCUT2D eigenvalue weighted by Gasteiger charge is -2.10. The molecule has 0 aliphatic carbocycles.